The number of piperidine rings is 1. The Balaban J connectivity index is 1.26. The van der Waals surface area contributed by atoms with Crippen LogP contribution >= 0.6 is 0 Å². The van der Waals surface area contributed by atoms with E-state index in [1.54, 1.807) is 0 Å². The van der Waals surface area contributed by atoms with Crippen LogP contribution < -0.4 is 4.90 Å². The number of rotatable bonds is 7. The quantitative estimate of drug-likeness (QED) is 0.411. The molecule has 32 heavy (non-hydrogen) atoms. The molecule has 1 aliphatic rings. The molecule has 3 aromatic carbocycles. The third-order valence-corrected chi connectivity index (χ3v) is 6.58. The van der Waals surface area contributed by atoms with Gasteiger partial charge < -0.3 is 14.8 Å². The molecule has 0 aliphatic carbocycles. The predicted molar refractivity (Wildman–Crippen MR) is 134 cm³/mol. The van der Waals surface area contributed by atoms with E-state index in [2.05, 4.69) is 94.6 Å². The maximum absolute atomic E-state index is 4.83. The number of benzene rings is 3. The lowest BCUT2D eigenvalue weighted by molar-refractivity contribution is 0.234. The van der Waals surface area contributed by atoms with Crippen molar-refractivity contribution in [1.29, 1.82) is 0 Å². The Morgan fingerprint density at radius 1 is 0.875 bits per heavy atom. The number of nitrogens with zero attached hydrogens (tertiary/aromatic N) is 3. The van der Waals surface area contributed by atoms with E-state index in [1.807, 2.05) is 0 Å². The van der Waals surface area contributed by atoms with Crippen molar-refractivity contribution in [2.45, 2.75) is 25.7 Å². The van der Waals surface area contributed by atoms with Crippen molar-refractivity contribution >= 4 is 16.7 Å². The largest absolute Gasteiger partial charge is 0.373 e. The lowest BCUT2D eigenvalue weighted by Gasteiger charge is -2.29. The topological polar surface area (TPSA) is 35.2 Å². The number of aromatic amines is 1. The van der Waals surface area contributed by atoms with E-state index < -0.39 is 0 Å². The zero-order valence-corrected chi connectivity index (χ0v) is 18.9. The summed E-state index contributed by atoms with van der Waals surface area (Å²) in [5.74, 6) is 0.930. The number of hydrogen-bond donors (Lipinski definition) is 1. The van der Waals surface area contributed by atoms with Gasteiger partial charge in [0.15, 0.2) is 0 Å². The van der Waals surface area contributed by atoms with Crippen LogP contribution in [0.5, 0.6) is 0 Å². The van der Waals surface area contributed by atoms with Crippen LogP contribution in [0, 0.1) is 0 Å². The van der Waals surface area contributed by atoms with Crippen LogP contribution in [0.2, 0.25) is 0 Å². The van der Waals surface area contributed by atoms with Gasteiger partial charge in [-0.3, -0.25) is 0 Å². The molecule has 5 rings (SSSR count). The maximum Gasteiger partial charge on any atom is 0.138 e. The molecule has 1 fully saturated rings. The average Bonchev–Trinajstić information content (AvgIpc) is 3.27. The van der Waals surface area contributed by atoms with Gasteiger partial charge in [0.05, 0.1) is 11.0 Å². The van der Waals surface area contributed by atoms with Gasteiger partial charge in [-0.25, -0.2) is 4.98 Å². The highest BCUT2D eigenvalue weighted by Gasteiger charge is 2.11. The predicted octanol–water partition coefficient (Wildman–Crippen LogP) is 5.74. The number of aromatic nitrogens is 2. The molecule has 0 amide bonds. The third-order valence-electron chi connectivity index (χ3n) is 6.58. The number of hydrogen-bond acceptors (Lipinski definition) is 3. The van der Waals surface area contributed by atoms with E-state index >= 15 is 0 Å². The van der Waals surface area contributed by atoms with Crippen LogP contribution in [0.25, 0.3) is 22.4 Å². The first kappa shape index (κ1) is 20.8. The monoisotopic (exact) mass is 424 g/mol. The first-order chi connectivity index (χ1) is 15.7. The molecule has 0 spiro atoms. The smallest absolute Gasteiger partial charge is 0.138 e. The van der Waals surface area contributed by atoms with Gasteiger partial charge in [0, 0.05) is 31.4 Å². The highest BCUT2D eigenvalue weighted by Crippen LogP contribution is 2.24. The van der Waals surface area contributed by atoms with Crippen LogP contribution in [0.1, 0.15) is 30.4 Å². The van der Waals surface area contributed by atoms with E-state index in [9.17, 15) is 0 Å². The second kappa shape index (κ2) is 9.58. The van der Waals surface area contributed by atoms with E-state index in [0.29, 0.717) is 0 Å². The van der Waals surface area contributed by atoms with Crippen molar-refractivity contribution in [3.63, 3.8) is 0 Å². The molecule has 164 valence electrons. The maximum atomic E-state index is 4.83. The van der Waals surface area contributed by atoms with Crippen molar-refractivity contribution in [3.8, 4) is 11.4 Å². The molecule has 1 aromatic heterocycles. The number of H-pyrrole nitrogens is 1. The van der Waals surface area contributed by atoms with Crippen molar-refractivity contribution in [2.75, 3.05) is 38.1 Å². The fraction of sp³-hybridized carbons (Fsp3) is 0.321. The molecule has 1 aliphatic heterocycles. The highest BCUT2D eigenvalue weighted by molar-refractivity contribution is 5.80. The molecule has 4 heteroatoms. The number of fused-ring (bicyclic) bond motifs is 1. The van der Waals surface area contributed by atoms with Gasteiger partial charge in [-0.1, -0.05) is 42.8 Å². The fourth-order valence-electron chi connectivity index (χ4n) is 4.61. The Morgan fingerprint density at radius 3 is 2.44 bits per heavy atom. The van der Waals surface area contributed by atoms with Gasteiger partial charge in [-0.15, -0.1) is 0 Å². The number of anilines is 1. The number of imidazole rings is 1. The molecule has 0 saturated carbocycles. The molecule has 0 unspecified atom stereocenters. The van der Waals surface area contributed by atoms with Gasteiger partial charge in [-0.2, -0.15) is 0 Å². The summed E-state index contributed by atoms with van der Waals surface area (Å²) in [6, 6.07) is 25.9. The van der Waals surface area contributed by atoms with Gasteiger partial charge in [0.1, 0.15) is 5.82 Å². The van der Waals surface area contributed by atoms with Crippen LogP contribution in [-0.2, 0) is 6.42 Å². The van der Waals surface area contributed by atoms with E-state index in [1.165, 1.54) is 49.2 Å². The molecule has 0 atom stereocenters. The first-order valence-electron chi connectivity index (χ1n) is 11.8. The van der Waals surface area contributed by atoms with Crippen LogP contribution in [0.3, 0.4) is 0 Å². The average molecular weight is 425 g/mol. The molecule has 4 aromatic rings. The van der Waals surface area contributed by atoms with E-state index in [-0.39, 0.29) is 0 Å². The Morgan fingerprint density at radius 2 is 1.66 bits per heavy atom. The van der Waals surface area contributed by atoms with Gasteiger partial charge in [0.2, 0.25) is 0 Å². The van der Waals surface area contributed by atoms with Crippen LogP contribution in [0.15, 0.2) is 72.8 Å². The Kier molecular flexibility index (Phi) is 6.22. The minimum Gasteiger partial charge on any atom is -0.373 e. The third kappa shape index (κ3) is 4.86. The van der Waals surface area contributed by atoms with Gasteiger partial charge in [-0.05, 0) is 79.9 Å². The summed E-state index contributed by atoms with van der Waals surface area (Å²) >= 11 is 0. The van der Waals surface area contributed by atoms with Crippen molar-refractivity contribution in [2.24, 2.45) is 0 Å². The molecule has 1 saturated heterocycles. The molecule has 1 N–H and O–H groups in total. The Labute approximate surface area is 190 Å². The molecular weight excluding hydrogens is 392 g/mol. The first-order valence-corrected chi connectivity index (χ1v) is 11.8. The van der Waals surface area contributed by atoms with E-state index in [0.717, 1.165) is 41.9 Å². The van der Waals surface area contributed by atoms with Crippen LogP contribution in [-0.4, -0.2) is 48.1 Å². The summed E-state index contributed by atoms with van der Waals surface area (Å²) in [5.41, 5.74) is 7.11. The summed E-state index contributed by atoms with van der Waals surface area (Å²) in [4.78, 5) is 13.3. The standard InChI is InChI=1S/C28H32N4/c1-31(18-19-32-16-6-3-7-17-32)25-13-11-24(12-14-25)28-29-26-15-10-23(21-27(26)30-28)20-22-8-4-2-5-9-22/h2,4-5,8-15,21H,3,6-7,16-20H2,1H3,(H,29,30). The fourth-order valence-corrected chi connectivity index (χ4v) is 4.61. The number of likely N-dealkylation sites (N-methyl/N-ethyl adjacent to an activating group) is 1. The number of nitrogens with one attached hydrogen (secondary N) is 1. The number of likely N-dealkylation sites (tertiary alicyclic amines) is 1. The normalized spacial score (nSPS) is 14.7. The summed E-state index contributed by atoms with van der Waals surface area (Å²) in [6.07, 6.45) is 5.03. The minimum atomic E-state index is 0.930. The van der Waals surface area contributed by atoms with Crippen molar-refractivity contribution in [1.82, 2.24) is 14.9 Å². The zero-order chi connectivity index (χ0) is 21.8. The van der Waals surface area contributed by atoms with Gasteiger partial charge >= 0.3 is 0 Å². The summed E-state index contributed by atoms with van der Waals surface area (Å²) in [6.45, 7) is 4.72. The van der Waals surface area contributed by atoms with Crippen molar-refractivity contribution < 1.29 is 0 Å². The highest BCUT2D eigenvalue weighted by atomic mass is 15.2. The lowest BCUT2D eigenvalue weighted by Crippen LogP contribution is -2.36. The summed E-state index contributed by atoms with van der Waals surface area (Å²) in [7, 11) is 2.19. The molecule has 0 bridgehead atoms. The lowest BCUT2D eigenvalue weighted by atomic mass is 10.0. The SMILES string of the molecule is CN(CCN1CCCCC1)c1ccc(-c2nc3ccc(Cc4ccccc4)cc3[nH]2)cc1. The zero-order valence-electron chi connectivity index (χ0n) is 18.9. The molecular formula is C28H32N4. The molecule has 0 radical (unpaired) electrons. The van der Waals surface area contributed by atoms with Crippen molar-refractivity contribution in [3.05, 3.63) is 83.9 Å². The Bertz CT molecular complexity index is 1140. The van der Waals surface area contributed by atoms with E-state index in [4.69, 9.17) is 4.98 Å². The second-order valence-corrected chi connectivity index (χ2v) is 8.97. The Hall–Kier alpha value is -3.11. The second-order valence-electron chi connectivity index (χ2n) is 8.97. The van der Waals surface area contributed by atoms with Gasteiger partial charge in [0.25, 0.3) is 0 Å². The molecule has 2 heterocycles. The summed E-state index contributed by atoms with van der Waals surface area (Å²) < 4.78 is 0. The van der Waals surface area contributed by atoms with Crippen LogP contribution in [0.4, 0.5) is 5.69 Å². The minimum absolute atomic E-state index is 0.930. The molecule has 4 nitrogen and oxygen atoms in total. The summed E-state index contributed by atoms with van der Waals surface area (Å²) in [5, 5.41) is 0.